The summed E-state index contributed by atoms with van der Waals surface area (Å²) in [6.45, 7) is 1.05. The Balaban J connectivity index is 2.34. The van der Waals surface area contributed by atoms with Crippen LogP contribution in [0.1, 0.15) is 16.7 Å². The van der Waals surface area contributed by atoms with Crippen molar-refractivity contribution in [2.45, 2.75) is 11.8 Å². The zero-order valence-electron chi connectivity index (χ0n) is 7.46. The molecule has 0 fully saturated rings. The van der Waals surface area contributed by atoms with Crippen molar-refractivity contribution in [2.75, 3.05) is 20.6 Å². The first-order valence-corrected chi connectivity index (χ1v) is 5.34. The molecule has 0 aromatic carbocycles. The monoisotopic (exact) mass is 203 g/mol. The van der Waals surface area contributed by atoms with E-state index in [2.05, 4.69) is 30.4 Å². The minimum absolute atomic E-state index is 0.187. The van der Waals surface area contributed by atoms with Gasteiger partial charge < -0.3 is 4.90 Å². The highest BCUT2D eigenvalue weighted by molar-refractivity contribution is 7.10. The van der Waals surface area contributed by atoms with Crippen LogP contribution in [0.5, 0.6) is 0 Å². The Hall–Kier alpha value is -0.0500. The van der Waals surface area contributed by atoms with Crippen molar-refractivity contribution in [3.05, 3.63) is 22.4 Å². The molecule has 12 heavy (non-hydrogen) atoms. The Morgan fingerprint density at radius 1 is 1.58 bits per heavy atom. The SMILES string of the molecule is CN(C)CCC(Cl)c1cccs1. The average molecular weight is 204 g/mol. The fourth-order valence-corrected chi connectivity index (χ4v) is 2.04. The molecule has 0 saturated heterocycles. The van der Waals surface area contributed by atoms with E-state index in [1.54, 1.807) is 11.3 Å². The molecule has 1 unspecified atom stereocenters. The summed E-state index contributed by atoms with van der Waals surface area (Å²) < 4.78 is 0. The number of hydrogen-bond donors (Lipinski definition) is 0. The molecule has 1 heterocycles. The van der Waals surface area contributed by atoms with Crippen molar-refractivity contribution >= 4 is 22.9 Å². The minimum Gasteiger partial charge on any atom is -0.309 e. The van der Waals surface area contributed by atoms with Gasteiger partial charge in [0.1, 0.15) is 0 Å². The Bertz CT molecular complexity index is 208. The second kappa shape index (κ2) is 4.85. The standard InChI is InChI=1S/C9H14ClNS/c1-11(2)6-5-8(10)9-4-3-7-12-9/h3-4,7-8H,5-6H2,1-2H3. The summed E-state index contributed by atoms with van der Waals surface area (Å²) in [6.07, 6.45) is 1.02. The van der Waals surface area contributed by atoms with Crippen molar-refractivity contribution in [1.29, 1.82) is 0 Å². The summed E-state index contributed by atoms with van der Waals surface area (Å²) in [5.74, 6) is 0. The van der Waals surface area contributed by atoms with Crippen molar-refractivity contribution in [3.8, 4) is 0 Å². The first-order chi connectivity index (χ1) is 5.70. The first-order valence-electron chi connectivity index (χ1n) is 4.02. The highest BCUT2D eigenvalue weighted by Crippen LogP contribution is 2.27. The summed E-state index contributed by atoms with van der Waals surface area (Å²) in [6, 6.07) is 4.14. The van der Waals surface area contributed by atoms with Crippen LogP contribution in [0, 0.1) is 0 Å². The molecule has 68 valence electrons. The van der Waals surface area contributed by atoms with Crippen molar-refractivity contribution < 1.29 is 0 Å². The van der Waals surface area contributed by atoms with Gasteiger partial charge in [-0.15, -0.1) is 22.9 Å². The molecule has 1 atom stereocenters. The summed E-state index contributed by atoms with van der Waals surface area (Å²) >= 11 is 7.91. The molecule has 0 saturated carbocycles. The maximum atomic E-state index is 6.18. The van der Waals surface area contributed by atoms with E-state index >= 15 is 0 Å². The molecule has 0 bridgehead atoms. The molecule has 0 radical (unpaired) electrons. The third kappa shape index (κ3) is 3.13. The molecule has 1 nitrogen and oxygen atoms in total. The van der Waals surface area contributed by atoms with Crippen LogP contribution in [0.4, 0.5) is 0 Å². The summed E-state index contributed by atoms with van der Waals surface area (Å²) in [5, 5.41) is 2.26. The summed E-state index contributed by atoms with van der Waals surface area (Å²) in [4.78, 5) is 3.43. The maximum absolute atomic E-state index is 6.18. The Labute approximate surface area is 83.0 Å². The number of thiophene rings is 1. The van der Waals surface area contributed by atoms with Gasteiger partial charge in [-0.3, -0.25) is 0 Å². The van der Waals surface area contributed by atoms with E-state index in [4.69, 9.17) is 11.6 Å². The third-order valence-electron chi connectivity index (χ3n) is 1.68. The number of nitrogens with zero attached hydrogens (tertiary/aromatic N) is 1. The van der Waals surface area contributed by atoms with Crippen LogP contribution in [0.25, 0.3) is 0 Å². The molecule has 0 N–H and O–H groups in total. The van der Waals surface area contributed by atoms with Crippen LogP contribution < -0.4 is 0 Å². The maximum Gasteiger partial charge on any atom is 0.0690 e. The van der Waals surface area contributed by atoms with Crippen LogP contribution in [0.2, 0.25) is 0 Å². The lowest BCUT2D eigenvalue weighted by molar-refractivity contribution is 0.398. The first kappa shape index (κ1) is 10.0. The van der Waals surface area contributed by atoms with E-state index in [0.29, 0.717) is 0 Å². The van der Waals surface area contributed by atoms with Crippen LogP contribution in [-0.2, 0) is 0 Å². The van der Waals surface area contributed by atoms with E-state index in [9.17, 15) is 0 Å². The molecule has 0 spiro atoms. The second-order valence-electron chi connectivity index (χ2n) is 3.07. The lowest BCUT2D eigenvalue weighted by atomic mass is 10.2. The average Bonchev–Trinajstić information content (AvgIpc) is 2.51. The molecule has 1 rings (SSSR count). The van der Waals surface area contributed by atoms with Gasteiger partial charge in [0.15, 0.2) is 0 Å². The predicted molar refractivity (Wildman–Crippen MR) is 56.1 cm³/mol. The minimum atomic E-state index is 0.187. The second-order valence-corrected chi connectivity index (χ2v) is 4.58. The van der Waals surface area contributed by atoms with Crippen LogP contribution >= 0.6 is 22.9 Å². The normalized spacial score (nSPS) is 13.7. The fourth-order valence-electron chi connectivity index (χ4n) is 0.983. The number of rotatable bonds is 4. The molecule has 0 aliphatic heterocycles. The quantitative estimate of drug-likeness (QED) is 0.681. The van der Waals surface area contributed by atoms with E-state index in [-0.39, 0.29) is 5.38 Å². The highest BCUT2D eigenvalue weighted by atomic mass is 35.5. The highest BCUT2D eigenvalue weighted by Gasteiger charge is 2.08. The molecular formula is C9H14ClNS. The largest absolute Gasteiger partial charge is 0.309 e. The number of halogens is 1. The Morgan fingerprint density at radius 2 is 2.33 bits per heavy atom. The molecule has 3 heteroatoms. The van der Waals surface area contributed by atoms with Gasteiger partial charge in [0.25, 0.3) is 0 Å². The lowest BCUT2D eigenvalue weighted by Gasteiger charge is -2.11. The van der Waals surface area contributed by atoms with Gasteiger partial charge in [-0.25, -0.2) is 0 Å². The molecule has 0 aliphatic rings. The Morgan fingerprint density at radius 3 is 2.83 bits per heavy atom. The van der Waals surface area contributed by atoms with E-state index in [0.717, 1.165) is 13.0 Å². The van der Waals surface area contributed by atoms with Gasteiger partial charge in [-0.05, 0) is 38.5 Å². The molecule has 0 amide bonds. The van der Waals surface area contributed by atoms with Crippen molar-refractivity contribution in [2.24, 2.45) is 0 Å². The molecule has 1 aromatic rings. The van der Waals surface area contributed by atoms with E-state index in [1.165, 1.54) is 4.88 Å². The summed E-state index contributed by atoms with van der Waals surface area (Å²) in [7, 11) is 4.13. The van der Waals surface area contributed by atoms with Crippen molar-refractivity contribution in [3.63, 3.8) is 0 Å². The van der Waals surface area contributed by atoms with Gasteiger partial charge in [0.2, 0.25) is 0 Å². The smallest absolute Gasteiger partial charge is 0.0690 e. The predicted octanol–water partition coefficient (Wildman–Crippen LogP) is 2.98. The van der Waals surface area contributed by atoms with Gasteiger partial charge in [0.05, 0.1) is 5.38 Å². The van der Waals surface area contributed by atoms with E-state index < -0.39 is 0 Å². The van der Waals surface area contributed by atoms with Gasteiger partial charge >= 0.3 is 0 Å². The van der Waals surface area contributed by atoms with Gasteiger partial charge in [-0.2, -0.15) is 0 Å². The lowest BCUT2D eigenvalue weighted by Crippen LogP contribution is -2.14. The zero-order valence-corrected chi connectivity index (χ0v) is 9.03. The number of hydrogen-bond acceptors (Lipinski definition) is 2. The topological polar surface area (TPSA) is 3.24 Å². The fraction of sp³-hybridized carbons (Fsp3) is 0.556. The van der Waals surface area contributed by atoms with Gasteiger partial charge in [-0.1, -0.05) is 6.07 Å². The zero-order chi connectivity index (χ0) is 8.97. The molecule has 1 aromatic heterocycles. The number of alkyl halides is 1. The summed E-state index contributed by atoms with van der Waals surface area (Å²) in [5.41, 5.74) is 0. The van der Waals surface area contributed by atoms with Crippen LogP contribution in [0.3, 0.4) is 0 Å². The van der Waals surface area contributed by atoms with Crippen LogP contribution in [-0.4, -0.2) is 25.5 Å². The molecular weight excluding hydrogens is 190 g/mol. The molecule has 0 aliphatic carbocycles. The third-order valence-corrected chi connectivity index (χ3v) is 3.25. The van der Waals surface area contributed by atoms with E-state index in [1.807, 2.05) is 6.07 Å². The van der Waals surface area contributed by atoms with Crippen LogP contribution in [0.15, 0.2) is 17.5 Å². The van der Waals surface area contributed by atoms with Gasteiger partial charge in [0, 0.05) is 4.88 Å². The Kier molecular flexibility index (Phi) is 4.06. The van der Waals surface area contributed by atoms with Crippen molar-refractivity contribution in [1.82, 2.24) is 4.90 Å².